The van der Waals surface area contributed by atoms with Crippen LogP contribution >= 0.6 is 15.9 Å². The molecule has 0 atom stereocenters. The summed E-state index contributed by atoms with van der Waals surface area (Å²) in [6.45, 7) is 0.675. The van der Waals surface area contributed by atoms with E-state index in [-0.39, 0.29) is 13.0 Å². The van der Waals surface area contributed by atoms with E-state index < -0.39 is 18.6 Å². The van der Waals surface area contributed by atoms with Crippen molar-refractivity contribution in [1.82, 2.24) is 4.90 Å². The first kappa shape index (κ1) is 16.0. The molecular formula is C13H15BrF3NO. The van der Waals surface area contributed by atoms with E-state index in [9.17, 15) is 18.0 Å². The predicted octanol–water partition coefficient (Wildman–Crippen LogP) is 3.32. The van der Waals surface area contributed by atoms with Gasteiger partial charge in [-0.15, -0.1) is 0 Å². The van der Waals surface area contributed by atoms with Crippen LogP contribution in [0.25, 0.3) is 0 Å². The first-order valence-electron chi connectivity index (χ1n) is 5.78. The number of carbonyl (C=O) groups excluding carboxylic acids is 1. The topological polar surface area (TPSA) is 20.3 Å². The van der Waals surface area contributed by atoms with Gasteiger partial charge in [0.25, 0.3) is 0 Å². The van der Waals surface area contributed by atoms with Gasteiger partial charge in [0.1, 0.15) is 6.54 Å². The number of amides is 1. The fourth-order valence-electron chi connectivity index (χ4n) is 1.69. The number of aryl methyl sites for hydroxylation is 1. The molecule has 0 spiro atoms. The normalized spacial score (nSPS) is 11.4. The highest BCUT2D eigenvalue weighted by Gasteiger charge is 2.32. The Bertz CT molecular complexity index is 434. The Morgan fingerprint density at radius 2 is 1.95 bits per heavy atom. The number of carbonyl (C=O) groups is 1. The van der Waals surface area contributed by atoms with Gasteiger partial charge in [-0.2, -0.15) is 13.2 Å². The number of rotatable bonds is 5. The Morgan fingerprint density at radius 3 is 2.47 bits per heavy atom. The lowest BCUT2D eigenvalue weighted by molar-refractivity contribution is -0.160. The van der Waals surface area contributed by atoms with E-state index in [2.05, 4.69) is 15.9 Å². The van der Waals surface area contributed by atoms with Crippen LogP contribution in [0.2, 0.25) is 0 Å². The van der Waals surface area contributed by atoms with Crippen molar-refractivity contribution >= 4 is 21.8 Å². The summed E-state index contributed by atoms with van der Waals surface area (Å²) in [5.41, 5.74) is 1.66. The van der Waals surface area contributed by atoms with E-state index in [1.54, 1.807) is 12.1 Å². The van der Waals surface area contributed by atoms with E-state index in [1.807, 2.05) is 19.1 Å². The minimum atomic E-state index is -4.37. The number of hydrogen-bond donors (Lipinski definition) is 0. The van der Waals surface area contributed by atoms with Crippen LogP contribution in [-0.4, -0.2) is 35.4 Å². The zero-order valence-corrected chi connectivity index (χ0v) is 12.1. The second-order valence-corrected chi connectivity index (χ2v) is 5.02. The van der Waals surface area contributed by atoms with Crippen molar-refractivity contribution in [3.05, 3.63) is 35.4 Å². The van der Waals surface area contributed by atoms with Crippen LogP contribution in [0.3, 0.4) is 0 Å². The maximum atomic E-state index is 12.4. The summed E-state index contributed by atoms with van der Waals surface area (Å²) < 4.78 is 37.2. The predicted molar refractivity (Wildman–Crippen MR) is 71.3 cm³/mol. The summed E-state index contributed by atoms with van der Waals surface area (Å²) in [7, 11) is 0. The molecule has 1 aromatic carbocycles. The van der Waals surface area contributed by atoms with E-state index in [0.29, 0.717) is 5.33 Å². The molecule has 0 heterocycles. The molecular weight excluding hydrogens is 323 g/mol. The molecule has 0 bridgehead atoms. The summed E-state index contributed by atoms with van der Waals surface area (Å²) in [4.78, 5) is 12.8. The van der Waals surface area contributed by atoms with Gasteiger partial charge in [-0.25, -0.2) is 0 Å². The lowest BCUT2D eigenvalue weighted by atomic mass is 10.1. The van der Waals surface area contributed by atoms with Crippen LogP contribution in [0.5, 0.6) is 0 Å². The van der Waals surface area contributed by atoms with E-state index in [1.165, 1.54) is 0 Å². The molecule has 0 radical (unpaired) electrons. The summed E-state index contributed by atoms with van der Waals surface area (Å²) in [5, 5.41) is 0.322. The standard InChI is InChI=1S/C13H15BrF3NO/c1-10-4-2-3-5-11(10)8-12(19)18(7-6-14)9-13(15,16)17/h2-5H,6-9H2,1H3. The third kappa shape index (κ3) is 5.63. The second-order valence-electron chi connectivity index (χ2n) is 4.22. The summed E-state index contributed by atoms with van der Waals surface area (Å²) in [6, 6.07) is 7.19. The van der Waals surface area contributed by atoms with Crippen molar-refractivity contribution in [3.63, 3.8) is 0 Å². The number of halogens is 4. The monoisotopic (exact) mass is 337 g/mol. The molecule has 0 aliphatic rings. The third-order valence-electron chi connectivity index (χ3n) is 2.68. The van der Waals surface area contributed by atoms with Crippen molar-refractivity contribution in [3.8, 4) is 0 Å². The van der Waals surface area contributed by atoms with E-state index in [4.69, 9.17) is 0 Å². The van der Waals surface area contributed by atoms with Gasteiger partial charge in [0.2, 0.25) is 5.91 Å². The molecule has 0 saturated heterocycles. The molecule has 2 nitrogen and oxygen atoms in total. The van der Waals surface area contributed by atoms with Crippen LogP contribution in [0, 0.1) is 6.92 Å². The third-order valence-corrected chi connectivity index (χ3v) is 3.03. The quantitative estimate of drug-likeness (QED) is 0.755. The Labute approximate surface area is 118 Å². The number of hydrogen-bond acceptors (Lipinski definition) is 1. The first-order chi connectivity index (χ1) is 8.83. The minimum absolute atomic E-state index is 0.00421. The molecule has 0 fully saturated rings. The number of alkyl halides is 4. The SMILES string of the molecule is Cc1ccccc1CC(=O)N(CCBr)CC(F)(F)F. The highest BCUT2D eigenvalue weighted by molar-refractivity contribution is 9.09. The number of nitrogens with zero attached hydrogens (tertiary/aromatic N) is 1. The molecule has 0 N–H and O–H groups in total. The van der Waals surface area contributed by atoms with Crippen molar-refractivity contribution in [2.24, 2.45) is 0 Å². The fraction of sp³-hybridized carbons (Fsp3) is 0.462. The van der Waals surface area contributed by atoms with Crippen LogP contribution in [-0.2, 0) is 11.2 Å². The highest BCUT2D eigenvalue weighted by Crippen LogP contribution is 2.18. The zero-order valence-electron chi connectivity index (χ0n) is 10.5. The van der Waals surface area contributed by atoms with Crippen LogP contribution in [0.1, 0.15) is 11.1 Å². The van der Waals surface area contributed by atoms with Crippen molar-refractivity contribution in [2.45, 2.75) is 19.5 Å². The average Bonchev–Trinajstić information content (AvgIpc) is 2.30. The zero-order chi connectivity index (χ0) is 14.5. The lowest BCUT2D eigenvalue weighted by Crippen LogP contribution is -2.41. The minimum Gasteiger partial charge on any atom is -0.332 e. The molecule has 1 amide bonds. The number of benzene rings is 1. The largest absolute Gasteiger partial charge is 0.406 e. The van der Waals surface area contributed by atoms with Gasteiger partial charge in [0, 0.05) is 11.9 Å². The first-order valence-corrected chi connectivity index (χ1v) is 6.90. The molecule has 106 valence electrons. The van der Waals surface area contributed by atoms with Crippen molar-refractivity contribution in [2.75, 3.05) is 18.4 Å². The Balaban J connectivity index is 2.75. The molecule has 0 unspecified atom stereocenters. The molecule has 0 aromatic heterocycles. The highest BCUT2D eigenvalue weighted by atomic mass is 79.9. The Kier molecular flexibility index (Phi) is 5.85. The lowest BCUT2D eigenvalue weighted by Gasteiger charge is -2.23. The molecule has 1 rings (SSSR count). The smallest absolute Gasteiger partial charge is 0.332 e. The Morgan fingerprint density at radius 1 is 1.32 bits per heavy atom. The van der Waals surface area contributed by atoms with Gasteiger partial charge in [0.05, 0.1) is 6.42 Å². The van der Waals surface area contributed by atoms with Crippen molar-refractivity contribution < 1.29 is 18.0 Å². The fourth-order valence-corrected chi connectivity index (χ4v) is 2.12. The van der Waals surface area contributed by atoms with Gasteiger partial charge < -0.3 is 4.90 Å². The molecule has 0 aliphatic carbocycles. The van der Waals surface area contributed by atoms with E-state index in [0.717, 1.165) is 16.0 Å². The van der Waals surface area contributed by atoms with E-state index >= 15 is 0 Å². The molecule has 0 aliphatic heterocycles. The summed E-state index contributed by atoms with van der Waals surface area (Å²) >= 11 is 3.06. The van der Waals surface area contributed by atoms with Crippen molar-refractivity contribution in [1.29, 1.82) is 0 Å². The van der Waals surface area contributed by atoms with Gasteiger partial charge in [-0.05, 0) is 18.1 Å². The van der Waals surface area contributed by atoms with Crippen LogP contribution < -0.4 is 0 Å². The molecule has 0 saturated carbocycles. The maximum absolute atomic E-state index is 12.4. The molecule has 19 heavy (non-hydrogen) atoms. The van der Waals surface area contributed by atoms with Gasteiger partial charge >= 0.3 is 6.18 Å². The summed E-state index contributed by atoms with van der Waals surface area (Å²) in [6.07, 6.45) is -4.38. The van der Waals surface area contributed by atoms with Gasteiger partial charge in [0.15, 0.2) is 0 Å². The maximum Gasteiger partial charge on any atom is 0.406 e. The molecule has 6 heteroatoms. The average molecular weight is 338 g/mol. The van der Waals surface area contributed by atoms with Gasteiger partial charge in [-0.1, -0.05) is 40.2 Å². The molecule has 1 aromatic rings. The second kappa shape index (κ2) is 6.93. The Hall–Kier alpha value is -1.04. The van der Waals surface area contributed by atoms with Crippen LogP contribution in [0.4, 0.5) is 13.2 Å². The van der Waals surface area contributed by atoms with Gasteiger partial charge in [-0.3, -0.25) is 4.79 Å². The van der Waals surface area contributed by atoms with Crippen LogP contribution in [0.15, 0.2) is 24.3 Å². The summed E-state index contributed by atoms with van der Waals surface area (Å²) in [5.74, 6) is -0.508.